The Bertz CT molecular complexity index is 1290. The molecule has 2 aromatic carbocycles. The Morgan fingerprint density at radius 2 is 1.71 bits per heavy atom. The summed E-state index contributed by atoms with van der Waals surface area (Å²) in [6, 6.07) is 17.2. The predicted molar refractivity (Wildman–Crippen MR) is 137 cm³/mol. The summed E-state index contributed by atoms with van der Waals surface area (Å²) in [6.45, 7) is 5.08. The van der Waals surface area contributed by atoms with E-state index < -0.39 is 21.9 Å². The van der Waals surface area contributed by atoms with Crippen LogP contribution in [0.5, 0.6) is 0 Å². The lowest BCUT2D eigenvalue weighted by molar-refractivity contribution is 0.0533. The number of esters is 1. The van der Waals surface area contributed by atoms with Crippen LogP contribution in [0.3, 0.4) is 0 Å². The Balaban J connectivity index is 1.54. The number of piperidine rings is 1. The van der Waals surface area contributed by atoms with Crippen LogP contribution in [-0.2, 0) is 14.8 Å². The van der Waals surface area contributed by atoms with Gasteiger partial charge in [-0.15, -0.1) is 11.3 Å². The van der Waals surface area contributed by atoms with Crippen molar-refractivity contribution in [1.29, 1.82) is 0 Å². The minimum Gasteiger partial charge on any atom is -0.462 e. The largest absolute Gasteiger partial charge is 0.462 e. The first-order chi connectivity index (χ1) is 16.8. The molecule has 0 bridgehead atoms. The number of rotatable bonds is 7. The molecule has 0 saturated carbocycles. The zero-order valence-corrected chi connectivity index (χ0v) is 21.3. The maximum Gasteiger partial charge on any atom is 0.350 e. The van der Waals surface area contributed by atoms with Crippen LogP contribution in [0.25, 0.3) is 10.4 Å². The normalized spacial score (nSPS) is 15.0. The number of hydrogen-bond donors (Lipinski definition) is 1. The van der Waals surface area contributed by atoms with Gasteiger partial charge in [-0.1, -0.05) is 37.3 Å². The van der Waals surface area contributed by atoms with Gasteiger partial charge in [0.05, 0.1) is 17.2 Å². The molecule has 7 nitrogen and oxygen atoms in total. The van der Waals surface area contributed by atoms with Gasteiger partial charge in [0.1, 0.15) is 4.88 Å². The molecule has 3 aromatic rings. The van der Waals surface area contributed by atoms with Crippen LogP contribution in [0.15, 0.2) is 65.6 Å². The topological polar surface area (TPSA) is 92.8 Å². The molecule has 4 rings (SSSR count). The number of amides is 1. The van der Waals surface area contributed by atoms with Gasteiger partial charge in [0.15, 0.2) is 0 Å². The van der Waals surface area contributed by atoms with Crippen molar-refractivity contribution < 1.29 is 22.7 Å². The predicted octanol–water partition coefficient (Wildman–Crippen LogP) is 5.26. The van der Waals surface area contributed by atoms with Gasteiger partial charge in [-0.05, 0) is 61.6 Å². The minimum atomic E-state index is -3.60. The molecule has 0 unspecified atom stereocenters. The van der Waals surface area contributed by atoms with Crippen molar-refractivity contribution in [3.05, 3.63) is 71.1 Å². The lowest BCUT2D eigenvalue weighted by Gasteiger charge is -2.29. The number of anilines is 1. The summed E-state index contributed by atoms with van der Waals surface area (Å²) in [5, 5.41) is 2.79. The molecule has 1 aliphatic heterocycles. The molecule has 35 heavy (non-hydrogen) atoms. The Kier molecular flexibility index (Phi) is 7.69. The molecule has 1 aliphatic rings. The SMILES string of the molecule is CCOC(=O)c1sc(-c2ccccc2)cc1NC(=O)c1ccc(S(=O)(=O)N2CCC(C)CC2)cc1. The highest BCUT2D eigenvalue weighted by atomic mass is 32.2. The van der Waals surface area contributed by atoms with Gasteiger partial charge in [-0.3, -0.25) is 4.79 Å². The molecule has 0 aliphatic carbocycles. The van der Waals surface area contributed by atoms with E-state index in [0.717, 1.165) is 23.3 Å². The van der Waals surface area contributed by atoms with Crippen molar-refractivity contribution in [2.75, 3.05) is 25.0 Å². The van der Waals surface area contributed by atoms with E-state index in [1.807, 2.05) is 30.3 Å². The van der Waals surface area contributed by atoms with Gasteiger partial charge < -0.3 is 10.1 Å². The van der Waals surface area contributed by atoms with Crippen LogP contribution in [-0.4, -0.2) is 44.3 Å². The molecule has 2 heterocycles. The summed E-state index contributed by atoms with van der Waals surface area (Å²) in [6.07, 6.45) is 1.68. The number of benzene rings is 2. The number of carbonyl (C=O) groups is 2. The Morgan fingerprint density at radius 1 is 1.06 bits per heavy atom. The number of hydrogen-bond acceptors (Lipinski definition) is 6. The molecular formula is C26H28N2O5S2. The second kappa shape index (κ2) is 10.7. The zero-order valence-electron chi connectivity index (χ0n) is 19.7. The van der Waals surface area contributed by atoms with Crippen molar-refractivity contribution in [2.45, 2.75) is 31.6 Å². The van der Waals surface area contributed by atoms with Gasteiger partial charge in [-0.25, -0.2) is 13.2 Å². The third kappa shape index (κ3) is 5.63. The van der Waals surface area contributed by atoms with Crippen LogP contribution >= 0.6 is 11.3 Å². The summed E-state index contributed by atoms with van der Waals surface area (Å²) in [7, 11) is -3.60. The second-order valence-corrected chi connectivity index (χ2v) is 11.5. The van der Waals surface area contributed by atoms with E-state index in [1.165, 1.54) is 39.9 Å². The first-order valence-corrected chi connectivity index (χ1v) is 13.8. The fourth-order valence-corrected chi connectivity index (χ4v) is 6.41. The van der Waals surface area contributed by atoms with Crippen LogP contribution < -0.4 is 5.32 Å². The smallest absolute Gasteiger partial charge is 0.350 e. The van der Waals surface area contributed by atoms with Gasteiger partial charge in [0.2, 0.25) is 10.0 Å². The average Bonchev–Trinajstić information content (AvgIpc) is 3.29. The molecule has 1 N–H and O–H groups in total. The van der Waals surface area contributed by atoms with E-state index in [2.05, 4.69) is 12.2 Å². The molecule has 0 atom stereocenters. The van der Waals surface area contributed by atoms with E-state index in [-0.39, 0.29) is 11.5 Å². The Morgan fingerprint density at radius 3 is 2.34 bits per heavy atom. The lowest BCUT2D eigenvalue weighted by atomic mass is 10.0. The first-order valence-electron chi connectivity index (χ1n) is 11.6. The fraction of sp³-hybridized carbons (Fsp3) is 0.308. The average molecular weight is 513 g/mol. The third-order valence-corrected chi connectivity index (χ3v) is 9.07. The summed E-state index contributed by atoms with van der Waals surface area (Å²) in [5.41, 5.74) is 1.57. The third-order valence-electron chi connectivity index (χ3n) is 6.00. The van der Waals surface area contributed by atoms with Gasteiger partial charge >= 0.3 is 5.97 Å². The van der Waals surface area contributed by atoms with Crippen molar-refractivity contribution in [1.82, 2.24) is 4.31 Å². The van der Waals surface area contributed by atoms with Crippen LogP contribution in [0.4, 0.5) is 5.69 Å². The van der Waals surface area contributed by atoms with E-state index in [0.29, 0.717) is 35.1 Å². The number of nitrogens with one attached hydrogen (secondary N) is 1. The number of carbonyl (C=O) groups excluding carboxylic acids is 2. The quantitative estimate of drug-likeness (QED) is 0.436. The van der Waals surface area contributed by atoms with Crippen LogP contribution in [0.1, 0.15) is 46.7 Å². The molecule has 0 spiro atoms. The van der Waals surface area contributed by atoms with Crippen LogP contribution in [0, 0.1) is 5.92 Å². The summed E-state index contributed by atoms with van der Waals surface area (Å²) in [5.74, 6) is -0.428. The van der Waals surface area contributed by atoms with E-state index in [1.54, 1.807) is 13.0 Å². The first kappa shape index (κ1) is 25.1. The number of ether oxygens (including phenoxy) is 1. The minimum absolute atomic E-state index is 0.165. The highest BCUT2D eigenvalue weighted by Crippen LogP contribution is 2.35. The fourth-order valence-electron chi connectivity index (χ4n) is 3.92. The second-order valence-electron chi connectivity index (χ2n) is 8.51. The molecule has 184 valence electrons. The van der Waals surface area contributed by atoms with Gasteiger partial charge in [0, 0.05) is 23.5 Å². The molecule has 9 heteroatoms. The van der Waals surface area contributed by atoms with Crippen molar-refractivity contribution in [3.8, 4) is 10.4 Å². The molecule has 1 saturated heterocycles. The summed E-state index contributed by atoms with van der Waals surface area (Å²) >= 11 is 1.25. The highest BCUT2D eigenvalue weighted by molar-refractivity contribution is 7.89. The highest BCUT2D eigenvalue weighted by Gasteiger charge is 2.28. The van der Waals surface area contributed by atoms with Crippen molar-refractivity contribution >= 4 is 38.9 Å². The maximum atomic E-state index is 13.0. The van der Waals surface area contributed by atoms with Gasteiger partial charge in [-0.2, -0.15) is 4.31 Å². The molecule has 1 aromatic heterocycles. The van der Waals surface area contributed by atoms with Crippen molar-refractivity contribution in [3.63, 3.8) is 0 Å². The standard InChI is InChI=1S/C26H28N2O5S2/c1-3-33-26(30)24-22(17-23(34-24)19-7-5-4-6-8-19)27-25(29)20-9-11-21(12-10-20)35(31,32)28-15-13-18(2)14-16-28/h4-12,17-18H,3,13-16H2,1-2H3,(H,27,29). The number of nitrogens with zero attached hydrogens (tertiary/aromatic N) is 1. The van der Waals surface area contributed by atoms with Gasteiger partial charge in [0.25, 0.3) is 5.91 Å². The molecule has 0 radical (unpaired) electrons. The zero-order chi connectivity index (χ0) is 25.0. The Hall–Kier alpha value is -3.01. The Labute approximate surface area is 209 Å². The molecule has 1 amide bonds. The van der Waals surface area contributed by atoms with Crippen LogP contribution in [0.2, 0.25) is 0 Å². The maximum absolute atomic E-state index is 13.0. The number of thiophene rings is 1. The summed E-state index contributed by atoms with van der Waals surface area (Å²) in [4.78, 5) is 26.8. The van der Waals surface area contributed by atoms with E-state index >= 15 is 0 Å². The van der Waals surface area contributed by atoms with Crippen molar-refractivity contribution in [2.24, 2.45) is 5.92 Å². The van der Waals surface area contributed by atoms with E-state index in [4.69, 9.17) is 4.74 Å². The molecular weight excluding hydrogens is 484 g/mol. The monoisotopic (exact) mass is 512 g/mol. The lowest BCUT2D eigenvalue weighted by Crippen LogP contribution is -2.37. The van der Waals surface area contributed by atoms with E-state index in [9.17, 15) is 18.0 Å². The number of sulfonamides is 1. The molecule has 1 fully saturated rings. The summed E-state index contributed by atoms with van der Waals surface area (Å²) < 4.78 is 32.6.